The minimum Gasteiger partial charge on any atom is -0.298 e. The number of aryl methyl sites for hydroxylation is 1. The maximum Gasteiger partial charge on any atom is 0.393 e. The summed E-state index contributed by atoms with van der Waals surface area (Å²) in [6, 6.07) is 17.7. The highest BCUT2D eigenvalue weighted by atomic mass is 19.4. The van der Waals surface area contributed by atoms with Crippen LogP contribution in [0.4, 0.5) is 26.3 Å². The van der Waals surface area contributed by atoms with Crippen molar-refractivity contribution in [1.29, 1.82) is 0 Å². The molecule has 0 bridgehead atoms. The molecule has 0 amide bonds. The Hall–Kier alpha value is -2.02. The molecular formula is C27H33F6N. The average Bonchev–Trinajstić information content (AvgIpc) is 2.71. The van der Waals surface area contributed by atoms with Gasteiger partial charge in [0, 0.05) is 18.6 Å². The van der Waals surface area contributed by atoms with E-state index in [1.807, 2.05) is 18.2 Å². The average molecular weight is 486 g/mol. The van der Waals surface area contributed by atoms with Crippen LogP contribution in [0.25, 0.3) is 0 Å². The summed E-state index contributed by atoms with van der Waals surface area (Å²) in [4.78, 5) is 2.45. The number of hydrogen-bond donors (Lipinski definition) is 0. The molecule has 0 radical (unpaired) electrons. The Bertz CT molecular complexity index is 888. The summed E-state index contributed by atoms with van der Waals surface area (Å²) < 4.78 is 78.9. The van der Waals surface area contributed by atoms with Gasteiger partial charge in [0.05, 0.1) is 11.8 Å². The summed E-state index contributed by atoms with van der Waals surface area (Å²) in [6.07, 6.45) is -7.59. The highest BCUT2D eigenvalue weighted by Gasteiger charge is 2.64. The van der Waals surface area contributed by atoms with Crippen molar-refractivity contribution >= 4 is 0 Å². The van der Waals surface area contributed by atoms with Gasteiger partial charge < -0.3 is 0 Å². The van der Waals surface area contributed by atoms with Gasteiger partial charge in [-0.25, -0.2) is 0 Å². The highest BCUT2D eigenvalue weighted by molar-refractivity contribution is 5.29. The van der Waals surface area contributed by atoms with Gasteiger partial charge in [-0.15, -0.1) is 0 Å². The predicted molar refractivity (Wildman–Crippen MR) is 123 cm³/mol. The first-order valence-corrected chi connectivity index (χ1v) is 11.9. The smallest absolute Gasteiger partial charge is 0.298 e. The van der Waals surface area contributed by atoms with Crippen molar-refractivity contribution in [3.05, 3.63) is 71.3 Å². The molecule has 1 aliphatic rings. The van der Waals surface area contributed by atoms with Crippen molar-refractivity contribution in [2.75, 3.05) is 6.54 Å². The SMILES string of the molecule is CC(C)N(CCc1ccccc1)C(C)CCc1ccc(C2CC(C(F)(F)F)C2C(F)(F)F)cc1. The van der Waals surface area contributed by atoms with Gasteiger partial charge in [0.2, 0.25) is 0 Å². The third-order valence-electron chi connectivity index (χ3n) is 7.16. The maximum absolute atomic E-state index is 13.3. The number of hydrogen-bond acceptors (Lipinski definition) is 1. The number of nitrogens with zero attached hydrogens (tertiary/aromatic N) is 1. The molecule has 34 heavy (non-hydrogen) atoms. The minimum absolute atomic E-state index is 0.317. The normalized spacial score (nSPS) is 22.1. The molecule has 4 atom stereocenters. The predicted octanol–water partition coefficient (Wildman–Crippen LogP) is 7.81. The van der Waals surface area contributed by atoms with Crippen molar-refractivity contribution in [1.82, 2.24) is 4.90 Å². The zero-order valence-corrected chi connectivity index (χ0v) is 19.8. The van der Waals surface area contributed by atoms with E-state index in [0.717, 1.165) is 31.4 Å². The summed E-state index contributed by atoms with van der Waals surface area (Å²) >= 11 is 0. The van der Waals surface area contributed by atoms with Gasteiger partial charge in [-0.3, -0.25) is 4.90 Å². The Labute approximate surface area is 198 Å². The van der Waals surface area contributed by atoms with Crippen molar-refractivity contribution in [3.8, 4) is 0 Å². The van der Waals surface area contributed by atoms with Crippen LogP contribution in [0.3, 0.4) is 0 Å². The van der Waals surface area contributed by atoms with Gasteiger partial charge in [-0.2, -0.15) is 26.3 Å². The van der Waals surface area contributed by atoms with Gasteiger partial charge in [0.1, 0.15) is 0 Å². The molecule has 3 rings (SSSR count). The van der Waals surface area contributed by atoms with Crippen molar-refractivity contribution in [3.63, 3.8) is 0 Å². The van der Waals surface area contributed by atoms with Crippen molar-refractivity contribution < 1.29 is 26.3 Å². The zero-order chi connectivity index (χ0) is 25.1. The number of halogens is 6. The zero-order valence-electron chi connectivity index (χ0n) is 19.8. The van der Waals surface area contributed by atoms with E-state index in [9.17, 15) is 26.3 Å². The van der Waals surface area contributed by atoms with E-state index in [-0.39, 0.29) is 0 Å². The first-order chi connectivity index (χ1) is 15.9. The molecule has 0 aliphatic heterocycles. The van der Waals surface area contributed by atoms with Crippen LogP contribution in [0.5, 0.6) is 0 Å². The maximum atomic E-state index is 13.3. The number of alkyl halides is 6. The summed E-state index contributed by atoms with van der Waals surface area (Å²) in [7, 11) is 0. The Morgan fingerprint density at radius 1 is 0.794 bits per heavy atom. The molecule has 0 N–H and O–H groups in total. The van der Waals surface area contributed by atoms with E-state index in [4.69, 9.17) is 0 Å². The highest BCUT2D eigenvalue weighted by Crippen LogP contribution is 2.59. The summed E-state index contributed by atoms with van der Waals surface area (Å²) in [6.45, 7) is 7.45. The largest absolute Gasteiger partial charge is 0.393 e. The fourth-order valence-corrected chi connectivity index (χ4v) is 5.15. The topological polar surface area (TPSA) is 3.24 Å². The molecule has 188 valence electrons. The molecule has 0 aromatic heterocycles. The Morgan fingerprint density at radius 2 is 1.38 bits per heavy atom. The molecular weight excluding hydrogens is 452 g/mol. The Balaban J connectivity index is 1.57. The van der Waals surface area contributed by atoms with Gasteiger partial charge in [0.25, 0.3) is 0 Å². The molecule has 2 aromatic carbocycles. The van der Waals surface area contributed by atoms with Gasteiger partial charge in [0.15, 0.2) is 0 Å². The monoisotopic (exact) mass is 485 g/mol. The molecule has 2 aromatic rings. The van der Waals surface area contributed by atoms with Crippen LogP contribution < -0.4 is 0 Å². The standard InChI is InChI=1S/C27H33F6N/c1-18(2)34(16-15-20-7-5-4-6-8-20)19(3)9-10-21-11-13-22(14-12-21)23-17-24(26(28,29)30)25(23)27(31,32)33/h4-8,11-14,18-19,23-25H,9-10,15-17H2,1-3H3. The lowest BCUT2D eigenvalue weighted by atomic mass is 9.61. The van der Waals surface area contributed by atoms with E-state index < -0.39 is 36.5 Å². The van der Waals surface area contributed by atoms with Gasteiger partial charge in [-0.05, 0) is 69.1 Å². The molecule has 1 saturated carbocycles. The quantitative estimate of drug-likeness (QED) is 0.328. The first-order valence-electron chi connectivity index (χ1n) is 11.9. The summed E-state index contributed by atoms with van der Waals surface area (Å²) in [5.41, 5.74) is 2.61. The van der Waals surface area contributed by atoms with Gasteiger partial charge in [-0.1, -0.05) is 54.6 Å². The fraction of sp³-hybridized carbons (Fsp3) is 0.556. The van der Waals surface area contributed by atoms with Crippen molar-refractivity contribution in [2.24, 2.45) is 11.8 Å². The van der Waals surface area contributed by atoms with Crippen LogP contribution in [0, 0.1) is 11.8 Å². The molecule has 1 nitrogen and oxygen atoms in total. The second-order valence-corrected chi connectivity index (χ2v) is 9.75. The summed E-state index contributed by atoms with van der Waals surface area (Å²) in [5, 5.41) is 0. The molecule has 7 heteroatoms. The molecule has 1 fully saturated rings. The number of benzene rings is 2. The van der Waals surface area contributed by atoms with Crippen LogP contribution in [0.15, 0.2) is 54.6 Å². The lowest BCUT2D eigenvalue weighted by molar-refractivity contribution is -0.292. The van der Waals surface area contributed by atoms with Crippen molar-refractivity contribution in [2.45, 2.75) is 76.8 Å². The van der Waals surface area contributed by atoms with E-state index in [1.165, 1.54) is 5.56 Å². The van der Waals surface area contributed by atoms with Crippen LogP contribution >= 0.6 is 0 Å². The van der Waals surface area contributed by atoms with E-state index in [1.54, 1.807) is 24.3 Å². The lowest BCUT2D eigenvalue weighted by Crippen LogP contribution is -2.51. The van der Waals surface area contributed by atoms with E-state index in [0.29, 0.717) is 17.6 Å². The van der Waals surface area contributed by atoms with Crippen LogP contribution in [-0.2, 0) is 12.8 Å². The Kier molecular flexibility index (Phi) is 8.38. The molecule has 4 unspecified atom stereocenters. The second kappa shape index (κ2) is 10.7. The van der Waals surface area contributed by atoms with E-state index >= 15 is 0 Å². The molecule has 0 heterocycles. The lowest BCUT2D eigenvalue weighted by Gasteiger charge is -2.46. The van der Waals surface area contributed by atoms with E-state index in [2.05, 4.69) is 37.8 Å². The second-order valence-electron chi connectivity index (χ2n) is 9.75. The Morgan fingerprint density at radius 3 is 1.91 bits per heavy atom. The van der Waals surface area contributed by atoms with Crippen LogP contribution in [0.2, 0.25) is 0 Å². The van der Waals surface area contributed by atoms with Crippen LogP contribution in [0.1, 0.15) is 56.2 Å². The first kappa shape index (κ1) is 26.6. The fourth-order valence-electron chi connectivity index (χ4n) is 5.15. The summed E-state index contributed by atoms with van der Waals surface area (Å²) in [5.74, 6) is -5.80. The number of rotatable bonds is 9. The molecule has 0 saturated heterocycles. The third kappa shape index (κ3) is 6.55. The third-order valence-corrected chi connectivity index (χ3v) is 7.16. The van der Waals surface area contributed by atoms with Crippen LogP contribution in [-0.4, -0.2) is 35.9 Å². The molecule has 0 spiro atoms. The van der Waals surface area contributed by atoms with Gasteiger partial charge >= 0.3 is 12.4 Å². The molecule has 1 aliphatic carbocycles. The minimum atomic E-state index is -4.86.